The van der Waals surface area contributed by atoms with E-state index in [1.54, 1.807) is 18.2 Å². The second-order valence-corrected chi connectivity index (χ2v) is 11.1. The lowest BCUT2D eigenvalue weighted by molar-refractivity contribution is -0.124. The van der Waals surface area contributed by atoms with Gasteiger partial charge in [-0.3, -0.25) is 4.79 Å². The molecule has 1 aliphatic carbocycles. The van der Waals surface area contributed by atoms with E-state index in [0.29, 0.717) is 37.0 Å². The molecule has 5 rings (SSSR count). The van der Waals surface area contributed by atoms with Crippen molar-refractivity contribution in [1.82, 2.24) is 18.4 Å². The van der Waals surface area contributed by atoms with Crippen molar-refractivity contribution in [2.24, 2.45) is 0 Å². The lowest BCUT2D eigenvalue weighted by Gasteiger charge is -2.31. The largest absolute Gasteiger partial charge is 0.354 e. The van der Waals surface area contributed by atoms with E-state index >= 15 is 0 Å². The van der Waals surface area contributed by atoms with Gasteiger partial charge >= 0.3 is 0 Å². The smallest absolute Gasteiger partial charge is 0.246 e. The summed E-state index contributed by atoms with van der Waals surface area (Å²) in [6.45, 7) is 0.865. The molecular formula is C23H26N4O3S2. The Balaban J connectivity index is 1.36. The monoisotopic (exact) mass is 470 g/mol. The fourth-order valence-electron chi connectivity index (χ4n) is 5.19. The van der Waals surface area contributed by atoms with Gasteiger partial charge in [-0.15, -0.1) is 0 Å². The SMILES string of the molecule is O=C(NCC1(c2ccccc2)CCCC1)C1CCCN1S(=O)(=O)c1cccc2nsnc12. The number of carbonyl (C=O) groups is 1. The first-order valence-electron chi connectivity index (χ1n) is 11.1. The summed E-state index contributed by atoms with van der Waals surface area (Å²) in [4.78, 5) is 13.4. The van der Waals surface area contributed by atoms with Crippen LogP contribution < -0.4 is 5.32 Å². The molecule has 0 spiro atoms. The van der Waals surface area contributed by atoms with Crippen LogP contribution in [0.1, 0.15) is 44.1 Å². The normalized spacial score (nSPS) is 21.2. The molecule has 0 radical (unpaired) electrons. The average molecular weight is 471 g/mol. The molecule has 1 aromatic heterocycles. The molecule has 1 N–H and O–H groups in total. The van der Waals surface area contributed by atoms with Gasteiger partial charge in [0.1, 0.15) is 22.0 Å². The highest BCUT2D eigenvalue weighted by molar-refractivity contribution is 7.89. The van der Waals surface area contributed by atoms with E-state index in [9.17, 15) is 13.2 Å². The zero-order valence-electron chi connectivity index (χ0n) is 17.7. The maximum absolute atomic E-state index is 13.5. The Morgan fingerprint density at radius 1 is 1.06 bits per heavy atom. The average Bonchev–Trinajstić information content (AvgIpc) is 3.58. The topological polar surface area (TPSA) is 92.3 Å². The molecule has 2 fully saturated rings. The van der Waals surface area contributed by atoms with E-state index in [2.05, 4.69) is 26.2 Å². The number of benzene rings is 2. The van der Waals surface area contributed by atoms with Gasteiger partial charge in [-0.1, -0.05) is 49.2 Å². The molecule has 2 aromatic carbocycles. The van der Waals surface area contributed by atoms with Gasteiger partial charge in [-0.25, -0.2) is 8.42 Å². The van der Waals surface area contributed by atoms with Crippen LogP contribution in [0.2, 0.25) is 0 Å². The van der Waals surface area contributed by atoms with Gasteiger partial charge in [0.2, 0.25) is 15.9 Å². The predicted molar refractivity (Wildman–Crippen MR) is 124 cm³/mol. The molecule has 1 saturated heterocycles. The van der Waals surface area contributed by atoms with Crippen LogP contribution in [0.4, 0.5) is 0 Å². The van der Waals surface area contributed by atoms with Crippen molar-refractivity contribution < 1.29 is 13.2 Å². The highest BCUT2D eigenvalue weighted by Crippen LogP contribution is 2.40. The van der Waals surface area contributed by atoms with Crippen molar-refractivity contribution in [3.8, 4) is 0 Å². The third-order valence-corrected chi connectivity index (χ3v) is 9.37. The molecule has 3 aromatic rings. The molecule has 1 unspecified atom stereocenters. The zero-order chi connectivity index (χ0) is 22.2. The van der Waals surface area contributed by atoms with Crippen LogP contribution in [0.15, 0.2) is 53.4 Å². The molecule has 168 valence electrons. The molecule has 7 nitrogen and oxygen atoms in total. The Morgan fingerprint density at radius 3 is 2.62 bits per heavy atom. The summed E-state index contributed by atoms with van der Waals surface area (Å²) in [5.74, 6) is -0.211. The number of hydrogen-bond acceptors (Lipinski definition) is 6. The first kappa shape index (κ1) is 21.5. The Bertz CT molecular complexity index is 1220. The summed E-state index contributed by atoms with van der Waals surface area (Å²) in [6, 6.07) is 14.6. The van der Waals surface area contributed by atoms with Crippen molar-refractivity contribution in [3.63, 3.8) is 0 Å². The molecule has 1 aliphatic heterocycles. The molecule has 9 heteroatoms. The Hall–Kier alpha value is -2.36. The van der Waals surface area contributed by atoms with Crippen molar-refractivity contribution >= 4 is 38.7 Å². The number of fused-ring (bicyclic) bond motifs is 1. The van der Waals surface area contributed by atoms with Gasteiger partial charge in [0.05, 0.1) is 11.7 Å². The minimum Gasteiger partial charge on any atom is -0.354 e. The lowest BCUT2D eigenvalue weighted by Crippen LogP contribution is -2.49. The fraction of sp³-hybridized carbons (Fsp3) is 0.435. The van der Waals surface area contributed by atoms with E-state index in [1.807, 2.05) is 18.2 Å². The third kappa shape index (κ3) is 3.72. The molecule has 32 heavy (non-hydrogen) atoms. The van der Waals surface area contributed by atoms with Crippen LogP contribution in [0, 0.1) is 0 Å². The highest BCUT2D eigenvalue weighted by Gasteiger charge is 2.42. The van der Waals surface area contributed by atoms with Crippen LogP contribution in [0.5, 0.6) is 0 Å². The van der Waals surface area contributed by atoms with Gasteiger partial charge in [0, 0.05) is 18.5 Å². The molecule has 2 aliphatic rings. The summed E-state index contributed by atoms with van der Waals surface area (Å²) in [6.07, 6.45) is 5.52. The maximum atomic E-state index is 13.5. The maximum Gasteiger partial charge on any atom is 0.246 e. The highest BCUT2D eigenvalue weighted by atomic mass is 32.2. The van der Waals surface area contributed by atoms with Gasteiger partial charge in [-0.2, -0.15) is 13.1 Å². The van der Waals surface area contributed by atoms with Gasteiger partial charge in [-0.05, 0) is 43.4 Å². The summed E-state index contributed by atoms with van der Waals surface area (Å²) < 4.78 is 36.7. The number of nitrogens with one attached hydrogen (secondary N) is 1. The molecule has 0 bridgehead atoms. The van der Waals surface area contributed by atoms with Gasteiger partial charge < -0.3 is 5.32 Å². The van der Waals surface area contributed by atoms with Gasteiger partial charge in [0.25, 0.3) is 0 Å². The summed E-state index contributed by atoms with van der Waals surface area (Å²) in [5.41, 5.74) is 2.10. The van der Waals surface area contributed by atoms with E-state index in [0.717, 1.165) is 37.4 Å². The van der Waals surface area contributed by atoms with Crippen LogP contribution in [-0.4, -0.2) is 46.5 Å². The van der Waals surface area contributed by atoms with Crippen LogP contribution in [0.25, 0.3) is 11.0 Å². The second kappa shape index (κ2) is 8.53. The Labute approximate surface area is 192 Å². The molecule has 2 heterocycles. The van der Waals surface area contributed by atoms with Crippen molar-refractivity contribution in [2.75, 3.05) is 13.1 Å². The number of nitrogens with zero attached hydrogens (tertiary/aromatic N) is 3. The lowest BCUT2D eigenvalue weighted by atomic mass is 9.79. The van der Waals surface area contributed by atoms with E-state index in [1.165, 1.54) is 9.87 Å². The molecule has 1 amide bonds. The van der Waals surface area contributed by atoms with Gasteiger partial charge in [0.15, 0.2) is 0 Å². The first-order valence-corrected chi connectivity index (χ1v) is 13.2. The van der Waals surface area contributed by atoms with Crippen LogP contribution >= 0.6 is 11.7 Å². The second-order valence-electron chi connectivity index (χ2n) is 8.73. The summed E-state index contributed by atoms with van der Waals surface area (Å²) >= 11 is 0.990. The van der Waals surface area contributed by atoms with Crippen molar-refractivity contribution in [2.45, 2.75) is 54.9 Å². The third-order valence-electron chi connectivity index (χ3n) is 6.89. The quantitative estimate of drug-likeness (QED) is 0.596. The zero-order valence-corrected chi connectivity index (χ0v) is 19.4. The predicted octanol–water partition coefficient (Wildman–Crippen LogP) is 3.47. The van der Waals surface area contributed by atoms with E-state index in [4.69, 9.17) is 0 Å². The number of rotatable bonds is 6. The van der Waals surface area contributed by atoms with Crippen molar-refractivity contribution in [3.05, 3.63) is 54.1 Å². The fourth-order valence-corrected chi connectivity index (χ4v) is 7.60. The molecule has 1 saturated carbocycles. The van der Waals surface area contributed by atoms with Crippen molar-refractivity contribution in [1.29, 1.82) is 0 Å². The van der Waals surface area contributed by atoms with Crippen LogP contribution in [0.3, 0.4) is 0 Å². The number of carbonyl (C=O) groups excluding carboxylic acids is 1. The number of aromatic nitrogens is 2. The Kier molecular flexibility index (Phi) is 5.73. The molecule has 1 atom stereocenters. The van der Waals surface area contributed by atoms with Crippen LogP contribution in [-0.2, 0) is 20.2 Å². The first-order chi connectivity index (χ1) is 15.5. The van der Waals surface area contributed by atoms with E-state index in [-0.39, 0.29) is 16.2 Å². The minimum absolute atomic E-state index is 0.0723. The van der Waals surface area contributed by atoms with E-state index < -0.39 is 16.1 Å². The summed E-state index contributed by atoms with van der Waals surface area (Å²) in [5, 5.41) is 3.12. The summed E-state index contributed by atoms with van der Waals surface area (Å²) in [7, 11) is -3.86. The molecular weight excluding hydrogens is 444 g/mol. The standard InChI is InChI=1S/C23H26N4O3S2/c28-22(24-16-23(13-4-5-14-23)17-8-2-1-3-9-17)19-11-7-15-27(19)32(29,30)20-12-6-10-18-21(20)26-31-25-18/h1-3,6,8-10,12,19H,4-5,7,11,13-16H2,(H,24,28). The number of amides is 1. The minimum atomic E-state index is -3.86. The number of hydrogen-bond donors (Lipinski definition) is 1. The number of sulfonamides is 1. The Morgan fingerprint density at radius 2 is 1.84 bits per heavy atom.